The van der Waals surface area contributed by atoms with Crippen LogP contribution in [0.1, 0.15) is 5.56 Å². The molecule has 0 radical (unpaired) electrons. The Kier molecular flexibility index (Phi) is 3.98. The Morgan fingerprint density at radius 3 is 2.95 bits per heavy atom. The first-order valence-electron chi connectivity index (χ1n) is 5.43. The molecule has 0 amide bonds. The SMILES string of the molecule is Cl.O=S(=O)(Nc1ccc2c(c1)NCC2)c1cncs1. The minimum absolute atomic E-state index is 0. The molecule has 0 bridgehead atoms. The summed E-state index contributed by atoms with van der Waals surface area (Å²) in [5, 5.41) is 3.22. The van der Waals surface area contributed by atoms with Crippen molar-refractivity contribution in [3.8, 4) is 0 Å². The van der Waals surface area contributed by atoms with Crippen LogP contribution >= 0.6 is 23.7 Å². The summed E-state index contributed by atoms with van der Waals surface area (Å²) in [6.07, 6.45) is 2.33. The van der Waals surface area contributed by atoms with Crippen molar-refractivity contribution < 1.29 is 8.42 Å². The Morgan fingerprint density at radius 1 is 1.37 bits per heavy atom. The standard InChI is InChI=1S/C11H11N3O2S2.ClH/c15-18(16,11-6-12-7-17-11)14-9-2-1-8-3-4-13-10(8)5-9;/h1-2,5-7,13-14H,3-4H2;1H. The van der Waals surface area contributed by atoms with E-state index in [-0.39, 0.29) is 16.6 Å². The van der Waals surface area contributed by atoms with Gasteiger partial charge in [-0.3, -0.25) is 9.71 Å². The number of halogens is 1. The molecule has 1 aromatic heterocycles. The lowest BCUT2D eigenvalue weighted by atomic mass is 10.1. The smallest absolute Gasteiger partial charge is 0.273 e. The molecule has 5 nitrogen and oxygen atoms in total. The van der Waals surface area contributed by atoms with Crippen LogP contribution in [0.5, 0.6) is 0 Å². The summed E-state index contributed by atoms with van der Waals surface area (Å²) < 4.78 is 26.8. The van der Waals surface area contributed by atoms with Crippen molar-refractivity contribution in [2.75, 3.05) is 16.6 Å². The van der Waals surface area contributed by atoms with Crippen LogP contribution in [0.25, 0.3) is 0 Å². The molecule has 19 heavy (non-hydrogen) atoms. The highest BCUT2D eigenvalue weighted by molar-refractivity contribution is 7.94. The van der Waals surface area contributed by atoms with Gasteiger partial charge in [0.1, 0.15) is 0 Å². The Hall–Kier alpha value is -1.31. The molecule has 0 fully saturated rings. The fraction of sp³-hybridized carbons (Fsp3) is 0.182. The van der Waals surface area contributed by atoms with Crippen LogP contribution in [-0.2, 0) is 16.4 Å². The summed E-state index contributed by atoms with van der Waals surface area (Å²) in [5.41, 5.74) is 4.28. The Balaban J connectivity index is 0.00000133. The lowest BCUT2D eigenvalue weighted by molar-refractivity contribution is 0.603. The van der Waals surface area contributed by atoms with Gasteiger partial charge in [-0.1, -0.05) is 6.07 Å². The summed E-state index contributed by atoms with van der Waals surface area (Å²) in [4.78, 5) is 3.77. The number of hydrogen-bond acceptors (Lipinski definition) is 5. The summed E-state index contributed by atoms with van der Waals surface area (Å²) in [7, 11) is -3.51. The van der Waals surface area contributed by atoms with Gasteiger partial charge in [-0.2, -0.15) is 0 Å². The third kappa shape index (κ3) is 2.83. The summed E-state index contributed by atoms with van der Waals surface area (Å²) in [6, 6.07) is 5.55. The van der Waals surface area contributed by atoms with Gasteiger partial charge in [-0.25, -0.2) is 8.42 Å². The lowest BCUT2D eigenvalue weighted by Gasteiger charge is -2.07. The van der Waals surface area contributed by atoms with E-state index in [1.807, 2.05) is 12.1 Å². The Morgan fingerprint density at radius 2 is 2.21 bits per heavy atom. The third-order valence-electron chi connectivity index (χ3n) is 2.75. The van der Waals surface area contributed by atoms with E-state index in [0.717, 1.165) is 30.0 Å². The van der Waals surface area contributed by atoms with E-state index in [2.05, 4.69) is 15.0 Å². The van der Waals surface area contributed by atoms with Gasteiger partial charge in [-0.15, -0.1) is 23.7 Å². The van der Waals surface area contributed by atoms with E-state index in [1.54, 1.807) is 6.07 Å². The molecule has 0 unspecified atom stereocenters. The number of rotatable bonds is 3. The van der Waals surface area contributed by atoms with Crippen LogP contribution in [0.2, 0.25) is 0 Å². The number of thiazole rings is 1. The summed E-state index contributed by atoms with van der Waals surface area (Å²) in [5.74, 6) is 0. The number of fused-ring (bicyclic) bond motifs is 1. The number of hydrogen-bond donors (Lipinski definition) is 2. The van der Waals surface area contributed by atoms with Gasteiger partial charge in [0.25, 0.3) is 10.0 Å². The first kappa shape index (κ1) is 14.1. The van der Waals surface area contributed by atoms with Crippen LogP contribution < -0.4 is 10.0 Å². The van der Waals surface area contributed by atoms with Crippen molar-refractivity contribution in [1.82, 2.24) is 4.98 Å². The van der Waals surface area contributed by atoms with Crippen LogP contribution in [0, 0.1) is 0 Å². The molecule has 0 saturated carbocycles. The molecule has 1 aliphatic heterocycles. The average molecular weight is 318 g/mol. The monoisotopic (exact) mass is 317 g/mol. The number of sulfonamides is 1. The maximum atomic E-state index is 12.0. The largest absolute Gasteiger partial charge is 0.384 e. The molecule has 2 N–H and O–H groups in total. The first-order valence-corrected chi connectivity index (χ1v) is 7.79. The zero-order chi connectivity index (χ0) is 12.6. The zero-order valence-electron chi connectivity index (χ0n) is 9.79. The molecule has 102 valence electrons. The van der Waals surface area contributed by atoms with Gasteiger partial charge < -0.3 is 5.32 Å². The Labute approximate surface area is 121 Å². The lowest BCUT2D eigenvalue weighted by Crippen LogP contribution is -2.11. The van der Waals surface area contributed by atoms with Gasteiger partial charge in [0.2, 0.25) is 0 Å². The predicted molar refractivity (Wildman–Crippen MR) is 78.8 cm³/mol. The van der Waals surface area contributed by atoms with Crippen molar-refractivity contribution in [2.24, 2.45) is 0 Å². The van der Waals surface area contributed by atoms with E-state index >= 15 is 0 Å². The normalized spacial score (nSPS) is 13.3. The first-order chi connectivity index (χ1) is 8.65. The second kappa shape index (κ2) is 5.36. The molecule has 1 aliphatic rings. The van der Waals surface area contributed by atoms with Crippen molar-refractivity contribution in [3.05, 3.63) is 35.5 Å². The maximum Gasteiger partial charge on any atom is 0.273 e. The van der Waals surface area contributed by atoms with E-state index in [9.17, 15) is 8.42 Å². The number of nitrogens with one attached hydrogen (secondary N) is 2. The number of benzene rings is 1. The van der Waals surface area contributed by atoms with Crippen molar-refractivity contribution in [2.45, 2.75) is 10.6 Å². The molecular formula is C11H12ClN3O2S2. The molecule has 2 aromatic rings. The molecule has 8 heteroatoms. The Bertz CT molecular complexity index is 671. The number of aromatic nitrogens is 1. The predicted octanol–water partition coefficient (Wildman–Crippen LogP) is 2.33. The number of nitrogens with zero attached hydrogens (tertiary/aromatic N) is 1. The highest BCUT2D eigenvalue weighted by atomic mass is 35.5. The molecule has 2 heterocycles. The summed E-state index contributed by atoms with van der Waals surface area (Å²) >= 11 is 1.10. The van der Waals surface area contributed by atoms with Gasteiger partial charge in [-0.05, 0) is 24.1 Å². The number of anilines is 2. The van der Waals surface area contributed by atoms with Crippen LogP contribution in [-0.4, -0.2) is 19.9 Å². The second-order valence-electron chi connectivity index (χ2n) is 3.97. The van der Waals surface area contributed by atoms with Crippen molar-refractivity contribution in [3.63, 3.8) is 0 Å². The van der Waals surface area contributed by atoms with E-state index in [0.29, 0.717) is 5.69 Å². The van der Waals surface area contributed by atoms with Crippen LogP contribution in [0.15, 0.2) is 34.1 Å². The van der Waals surface area contributed by atoms with Crippen LogP contribution in [0.4, 0.5) is 11.4 Å². The van der Waals surface area contributed by atoms with Crippen molar-refractivity contribution in [1.29, 1.82) is 0 Å². The maximum absolute atomic E-state index is 12.0. The van der Waals surface area contributed by atoms with E-state index in [1.165, 1.54) is 17.3 Å². The average Bonchev–Trinajstić information content (AvgIpc) is 2.99. The molecule has 0 saturated heterocycles. The van der Waals surface area contributed by atoms with Gasteiger partial charge in [0.15, 0.2) is 4.21 Å². The molecule has 0 spiro atoms. The minimum Gasteiger partial charge on any atom is -0.384 e. The molecule has 0 aliphatic carbocycles. The van der Waals surface area contributed by atoms with Gasteiger partial charge >= 0.3 is 0 Å². The molecule has 3 rings (SSSR count). The fourth-order valence-electron chi connectivity index (χ4n) is 1.90. The summed E-state index contributed by atoms with van der Waals surface area (Å²) in [6.45, 7) is 0.903. The molecule has 0 atom stereocenters. The topological polar surface area (TPSA) is 71.1 Å². The van der Waals surface area contributed by atoms with Gasteiger partial charge in [0.05, 0.1) is 17.4 Å². The highest BCUT2D eigenvalue weighted by Crippen LogP contribution is 2.27. The second-order valence-corrected chi connectivity index (χ2v) is 6.77. The van der Waals surface area contributed by atoms with Gasteiger partial charge in [0, 0.05) is 12.2 Å². The zero-order valence-corrected chi connectivity index (χ0v) is 12.2. The van der Waals surface area contributed by atoms with Crippen molar-refractivity contribution >= 4 is 45.1 Å². The van der Waals surface area contributed by atoms with Crippen LogP contribution in [0.3, 0.4) is 0 Å². The highest BCUT2D eigenvalue weighted by Gasteiger charge is 2.17. The van der Waals surface area contributed by atoms with E-state index in [4.69, 9.17) is 0 Å². The minimum atomic E-state index is -3.51. The third-order valence-corrected chi connectivity index (χ3v) is 5.40. The fourth-order valence-corrected chi connectivity index (χ4v) is 3.74. The molecule has 1 aromatic carbocycles. The molecular weight excluding hydrogens is 306 g/mol. The quantitative estimate of drug-likeness (QED) is 0.911. The van der Waals surface area contributed by atoms with E-state index < -0.39 is 10.0 Å².